The van der Waals surface area contributed by atoms with Crippen molar-refractivity contribution in [1.82, 2.24) is 9.13 Å². The molecule has 0 aliphatic heterocycles. The van der Waals surface area contributed by atoms with Crippen LogP contribution in [-0.4, -0.2) is 15.0 Å². The zero-order chi connectivity index (χ0) is 20.7. The Labute approximate surface area is 165 Å². The van der Waals surface area contributed by atoms with Gasteiger partial charge in [0.2, 0.25) is 5.91 Å². The maximum absolute atomic E-state index is 12.9. The van der Waals surface area contributed by atoms with Crippen LogP contribution in [0.4, 0.5) is 11.5 Å². The summed E-state index contributed by atoms with van der Waals surface area (Å²) in [4.78, 5) is 38.3. The molecule has 2 rings (SSSR count). The Balaban J connectivity index is 2.39. The molecule has 28 heavy (non-hydrogen) atoms. The van der Waals surface area contributed by atoms with E-state index in [9.17, 15) is 14.4 Å². The Morgan fingerprint density at radius 1 is 1.04 bits per heavy atom. The first-order valence-corrected chi connectivity index (χ1v) is 9.92. The van der Waals surface area contributed by atoms with E-state index in [4.69, 9.17) is 5.73 Å². The summed E-state index contributed by atoms with van der Waals surface area (Å²) in [5, 5.41) is 2.72. The third-order valence-corrected chi connectivity index (χ3v) is 4.80. The number of carbonyl (C=O) groups is 1. The van der Waals surface area contributed by atoms with E-state index in [1.54, 1.807) is 0 Å². The van der Waals surface area contributed by atoms with Crippen molar-refractivity contribution >= 4 is 17.4 Å². The molecule has 0 fully saturated rings. The second kappa shape index (κ2) is 9.92. The molecule has 3 N–H and O–H groups in total. The fraction of sp³-hybridized carbons (Fsp3) is 0.476. The second-order valence-corrected chi connectivity index (χ2v) is 6.94. The van der Waals surface area contributed by atoms with E-state index in [1.807, 2.05) is 51.1 Å². The molecule has 0 saturated carbocycles. The van der Waals surface area contributed by atoms with Gasteiger partial charge in [0.05, 0.1) is 0 Å². The molecule has 152 valence electrons. The molecule has 1 aromatic carbocycles. The van der Waals surface area contributed by atoms with Gasteiger partial charge in [0.15, 0.2) is 0 Å². The van der Waals surface area contributed by atoms with E-state index in [0.717, 1.165) is 10.1 Å². The normalized spacial score (nSPS) is 12.0. The molecule has 2 aromatic rings. The van der Waals surface area contributed by atoms with Crippen LogP contribution >= 0.6 is 0 Å². The quantitative estimate of drug-likeness (QED) is 0.692. The number of aromatic nitrogens is 2. The lowest BCUT2D eigenvalue weighted by Gasteiger charge is -2.19. The fourth-order valence-electron chi connectivity index (χ4n) is 3.24. The third kappa shape index (κ3) is 4.71. The van der Waals surface area contributed by atoms with Crippen LogP contribution in [0.15, 0.2) is 39.9 Å². The number of hydrogen-bond donors (Lipinski definition) is 2. The summed E-state index contributed by atoms with van der Waals surface area (Å²) in [5.41, 5.74) is 6.19. The molecule has 0 radical (unpaired) electrons. The molecule has 1 aromatic heterocycles. The summed E-state index contributed by atoms with van der Waals surface area (Å²) in [5.74, 6) is -0.542. The zero-order valence-corrected chi connectivity index (χ0v) is 16.9. The first-order chi connectivity index (χ1) is 13.4. The number of nitrogens with zero attached hydrogens (tertiary/aromatic N) is 2. The molecule has 0 aliphatic rings. The van der Waals surface area contributed by atoms with E-state index in [-0.39, 0.29) is 29.9 Å². The standard InChI is InChI=1S/C21H30N4O3/c1-4-12-24-18(22)17(20(27)25(13-5-2)21(24)28)23-19(26)16(6-3)14-15-10-8-7-9-11-15/h7-11,16H,4-6,12-14,22H2,1-3H3,(H,23,26). The van der Waals surface area contributed by atoms with Gasteiger partial charge in [0.1, 0.15) is 11.5 Å². The van der Waals surface area contributed by atoms with Crippen LogP contribution in [0.5, 0.6) is 0 Å². The van der Waals surface area contributed by atoms with E-state index in [1.165, 1.54) is 4.57 Å². The topological polar surface area (TPSA) is 99.1 Å². The van der Waals surface area contributed by atoms with Gasteiger partial charge in [-0.2, -0.15) is 0 Å². The molecular weight excluding hydrogens is 356 g/mol. The van der Waals surface area contributed by atoms with Gasteiger partial charge >= 0.3 is 5.69 Å². The lowest BCUT2D eigenvalue weighted by molar-refractivity contribution is -0.119. The molecule has 1 unspecified atom stereocenters. The summed E-state index contributed by atoms with van der Waals surface area (Å²) in [6.07, 6.45) is 2.51. The van der Waals surface area contributed by atoms with Crippen LogP contribution < -0.4 is 22.3 Å². The minimum Gasteiger partial charge on any atom is -0.383 e. The van der Waals surface area contributed by atoms with E-state index in [2.05, 4.69) is 5.32 Å². The molecule has 0 saturated heterocycles. The van der Waals surface area contributed by atoms with Gasteiger partial charge in [0, 0.05) is 19.0 Å². The minimum atomic E-state index is -0.542. The van der Waals surface area contributed by atoms with Gasteiger partial charge in [0.25, 0.3) is 5.56 Å². The highest BCUT2D eigenvalue weighted by Crippen LogP contribution is 2.17. The molecule has 1 amide bonds. The fourth-order valence-corrected chi connectivity index (χ4v) is 3.24. The van der Waals surface area contributed by atoms with Crippen LogP contribution in [-0.2, 0) is 24.3 Å². The van der Waals surface area contributed by atoms with Gasteiger partial charge in [-0.3, -0.25) is 18.7 Å². The highest BCUT2D eigenvalue weighted by Gasteiger charge is 2.22. The monoisotopic (exact) mass is 386 g/mol. The minimum absolute atomic E-state index is 0.00184. The number of nitrogen functional groups attached to an aromatic ring is 1. The van der Waals surface area contributed by atoms with Crippen molar-refractivity contribution < 1.29 is 4.79 Å². The number of amides is 1. The molecule has 7 nitrogen and oxygen atoms in total. The van der Waals surface area contributed by atoms with Crippen LogP contribution in [0.25, 0.3) is 0 Å². The maximum Gasteiger partial charge on any atom is 0.332 e. The summed E-state index contributed by atoms with van der Waals surface area (Å²) < 4.78 is 2.52. The van der Waals surface area contributed by atoms with Crippen molar-refractivity contribution in [1.29, 1.82) is 0 Å². The van der Waals surface area contributed by atoms with Crippen molar-refractivity contribution in [3.05, 3.63) is 56.7 Å². The number of nitrogens with two attached hydrogens (primary N) is 1. The predicted molar refractivity (Wildman–Crippen MR) is 113 cm³/mol. The van der Waals surface area contributed by atoms with Gasteiger partial charge in [-0.1, -0.05) is 51.1 Å². The molecular formula is C21H30N4O3. The van der Waals surface area contributed by atoms with Crippen molar-refractivity contribution in [3.8, 4) is 0 Å². The molecule has 7 heteroatoms. The number of benzene rings is 1. The Kier molecular flexibility index (Phi) is 7.61. The largest absolute Gasteiger partial charge is 0.383 e. The second-order valence-electron chi connectivity index (χ2n) is 6.94. The van der Waals surface area contributed by atoms with Crippen molar-refractivity contribution in [3.63, 3.8) is 0 Å². The van der Waals surface area contributed by atoms with Crippen molar-refractivity contribution in [2.45, 2.75) is 59.5 Å². The lowest BCUT2D eigenvalue weighted by Crippen LogP contribution is -2.43. The SMILES string of the molecule is CCCn1c(N)c(NC(=O)C(CC)Cc2ccccc2)c(=O)n(CCC)c1=O. The zero-order valence-electron chi connectivity index (χ0n) is 16.9. The average Bonchev–Trinajstić information content (AvgIpc) is 2.70. The number of rotatable bonds is 9. The van der Waals surface area contributed by atoms with Gasteiger partial charge in [-0.25, -0.2) is 4.79 Å². The van der Waals surface area contributed by atoms with Crippen molar-refractivity contribution in [2.24, 2.45) is 5.92 Å². The Morgan fingerprint density at radius 3 is 2.21 bits per heavy atom. The van der Waals surface area contributed by atoms with E-state index >= 15 is 0 Å². The Bertz CT molecular complexity index is 916. The summed E-state index contributed by atoms with van der Waals surface area (Å²) in [6.45, 7) is 6.42. The van der Waals surface area contributed by atoms with E-state index in [0.29, 0.717) is 32.2 Å². The maximum atomic E-state index is 12.9. The lowest BCUT2D eigenvalue weighted by atomic mass is 9.96. The summed E-state index contributed by atoms with van der Waals surface area (Å²) >= 11 is 0. The highest BCUT2D eigenvalue weighted by atomic mass is 16.2. The van der Waals surface area contributed by atoms with Gasteiger partial charge < -0.3 is 11.1 Å². The first kappa shape index (κ1) is 21.5. The van der Waals surface area contributed by atoms with Crippen LogP contribution in [0.3, 0.4) is 0 Å². The smallest absolute Gasteiger partial charge is 0.332 e. The Morgan fingerprint density at radius 2 is 1.64 bits per heavy atom. The molecule has 0 aliphatic carbocycles. The first-order valence-electron chi connectivity index (χ1n) is 9.92. The average molecular weight is 386 g/mol. The van der Waals surface area contributed by atoms with Crippen LogP contribution in [0, 0.1) is 5.92 Å². The number of nitrogens with one attached hydrogen (secondary N) is 1. The van der Waals surface area contributed by atoms with Crippen molar-refractivity contribution in [2.75, 3.05) is 11.1 Å². The molecule has 1 heterocycles. The highest BCUT2D eigenvalue weighted by molar-refractivity contribution is 5.94. The molecule has 0 bridgehead atoms. The number of anilines is 2. The van der Waals surface area contributed by atoms with Crippen LogP contribution in [0.2, 0.25) is 0 Å². The Hall–Kier alpha value is -2.83. The van der Waals surface area contributed by atoms with Gasteiger partial charge in [-0.15, -0.1) is 0 Å². The third-order valence-electron chi connectivity index (χ3n) is 4.80. The predicted octanol–water partition coefficient (Wildman–Crippen LogP) is 2.62. The summed E-state index contributed by atoms with van der Waals surface area (Å²) in [6, 6.07) is 9.74. The summed E-state index contributed by atoms with van der Waals surface area (Å²) in [7, 11) is 0. The van der Waals surface area contributed by atoms with Crippen LogP contribution in [0.1, 0.15) is 45.6 Å². The van der Waals surface area contributed by atoms with E-state index < -0.39 is 11.2 Å². The molecule has 0 spiro atoms. The number of hydrogen-bond acceptors (Lipinski definition) is 4. The molecule has 1 atom stereocenters. The van der Waals surface area contributed by atoms with Gasteiger partial charge in [-0.05, 0) is 31.2 Å². The number of carbonyl (C=O) groups excluding carboxylic acids is 1.